The van der Waals surface area contributed by atoms with Gasteiger partial charge in [-0.1, -0.05) is 11.6 Å². The summed E-state index contributed by atoms with van der Waals surface area (Å²) in [6.45, 7) is 6.92. The summed E-state index contributed by atoms with van der Waals surface area (Å²) in [4.78, 5) is 15.8. The fourth-order valence-corrected chi connectivity index (χ4v) is 4.75. The van der Waals surface area contributed by atoms with Crippen molar-refractivity contribution in [3.63, 3.8) is 0 Å². The number of hydrogen-bond donors (Lipinski definition) is 0. The Hall–Kier alpha value is -1.22. The van der Waals surface area contributed by atoms with Gasteiger partial charge in [-0.05, 0) is 32.0 Å². The molecule has 0 atom stereocenters. The Labute approximate surface area is 153 Å². The minimum absolute atomic E-state index is 0.0443. The number of rotatable bonds is 6. The van der Waals surface area contributed by atoms with Crippen molar-refractivity contribution < 1.29 is 17.6 Å². The maximum absolute atomic E-state index is 13.1. The molecule has 0 spiro atoms. The lowest BCUT2D eigenvalue weighted by atomic mass is 10.3. The van der Waals surface area contributed by atoms with Gasteiger partial charge in [0, 0.05) is 39.3 Å². The molecule has 2 rings (SSSR count). The first-order chi connectivity index (χ1) is 11.8. The van der Waals surface area contributed by atoms with E-state index in [4.69, 9.17) is 11.6 Å². The maximum Gasteiger partial charge on any atom is 0.244 e. The molecule has 1 amide bonds. The fourth-order valence-electron chi connectivity index (χ4n) is 2.82. The monoisotopic (exact) mass is 391 g/mol. The molecule has 1 aromatic rings. The first kappa shape index (κ1) is 20.1. The van der Waals surface area contributed by atoms with Crippen molar-refractivity contribution >= 4 is 27.5 Å². The van der Waals surface area contributed by atoms with E-state index < -0.39 is 15.8 Å². The van der Waals surface area contributed by atoms with Crippen molar-refractivity contribution in [3.8, 4) is 0 Å². The third kappa shape index (κ3) is 4.69. The number of halogens is 2. The number of carbonyl (C=O) groups is 1. The van der Waals surface area contributed by atoms with Crippen molar-refractivity contribution in [1.82, 2.24) is 14.1 Å². The molecule has 140 valence electrons. The molecule has 1 heterocycles. The van der Waals surface area contributed by atoms with E-state index in [1.165, 1.54) is 10.4 Å². The summed E-state index contributed by atoms with van der Waals surface area (Å²) >= 11 is 5.89. The second-order valence-electron chi connectivity index (χ2n) is 5.82. The van der Waals surface area contributed by atoms with Gasteiger partial charge in [-0.2, -0.15) is 4.31 Å². The van der Waals surface area contributed by atoms with Crippen LogP contribution in [-0.2, 0) is 14.8 Å². The molecule has 1 saturated heterocycles. The topological polar surface area (TPSA) is 60.9 Å². The molecule has 0 aromatic heterocycles. The highest BCUT2D eigenvalue weighted by molar-refractivity contribution is 7.89. The Bertz CT molecular complexity index is 717. The number of amides is 1. The van der Waals surface area contributed by atoms with E-state index in [1.807, 2.05) is 18.7 Å². The molecule has 1 fully saturated rings. The van der Waals surface area contributed by atoms with Gasteiger partial charge in [0.25, 0.3) is 0 Å². The molecule has 9 heteroatoms. The molecular formula is C16H23ClFN3O3S. The summed E-state index contributed by atoms with van der Waals surface area (Å²) in [5, 5.41) is -0.126. The van der Waals surface area contributed by atoms with E-state index in [2.05, 4.69) is 0 Å². The SMILES string of the molecule is CCN(CC)C(=O)CN1CCN(S(=O)(=O)c2ccc(F)cc2Cl)CC1. The largest absolute Gasteiger partial charge is 0.342 e. The highest BCUT2D eigenvalue weighted by atomic mass is 35.5. The summed E-state index contributed by atoms with van der Waals surface area (Å²) < 4.78 is 39.8. The Morgan fingerprint density at radius 3 is 2.32 bits per heavy atom. The number of nitrogens with zero attached hydrogens (tertiary/aromatic N) is 3. The van der Waals surface area contributed by atoms with E-state index in [0.717, 1.165) is 12.1 Å². The molecule has 0 unspecified atom stereocenters. The quantitative estimate of drug-likeness (QED) is 0.739. The Balaban J connectivity index is 2.00. The van der Waals surface area contributed by atoms with Crippen LogP contribution in [0.15, 0.2) is 23.1 Å². The van der Waals surface area contributed by atoms with Crippen LogP contribution in [0.4, 0.5) is 4.39 Å². The molecule has 1 aromatic carbocycles. The molecule has 1 aliphatic rings. The van der Waals surface area contributed by atoms with Crippen molar-refractivity contribution in [2.45, 2.75) is 18.7 Å². The zero-order valence-electron chi connectivity index (χ0n) is 14.4. The van der Waals surface area contributed by atoms with Crippen LogP contribution in [0.25, 0.3) is 0 Å². The van der Waals surface area contributed by atoms with Crippen LogP contribution in [0, 0.1) is 5.82 Å². The number of benzene rings is 1. The lowest BCUT2D eigenvalue weighted by molar-refractivity contribution is -0.132. The van der Waals surface area contributed by atoms with Crippen LogP contribution < -0.4 is 0 Å². The standard InChI is InChI=1S/C16H23ClFN3O3S/c1-3-20(4-2)16(22)12-19-7-9-21(10-8-19)25(23,24)15-6-5-13(18)11-14(15)17/h5-6,11H,3-4,7-10,12H2,1-2H3. The molecule has 0 radical (unpaired) electrons. The van der Waals surface area contributed by atoms with Crippen LogP contribution in [-0.4, -0.2) is 74.2 Å². The van der Waals surface area contributed by atoms with Gasteiger partial charge in [-0.25, -0.2) is 12.8 Å². The summed E-state index contributed by atoms with van der Waals surface area (Å²) in [5.41, 5.74) is 0. The van der Waals surface area contributed by atoms with Gasteiger partial charge in [-0.15, -0.1) is 0 Å². The number of likely N-dealkylation sites (N-methyl/N-ethyl adjacent to an activating group) is 1. The Morgan fingerprint density at radius 1 is 1.20 bits per heavy atom. The van der Waals surface area contributed by atoms with E-state index in [1.54, 1.807) is 4.90 Å². The van der Waals surface area contributed by atoms with Gasteiger partial charge in [0.05, 0.1) is 11.6 Å². The second kappa shape index (κ2) is 8.44. The molecule has 0 saturated carbocycles. The van der Waals surface area contributed by atoms with Gasteiger partial charge >= 0.3 is 0 Å². The number of piperazine rings is 1. The Morgan fingerprint density at radius 2 is 1.80 bits per heavy atom. The maximum atomic E-state index is 13.1. The highest BCUT2D eigenvalue weighted by Gasteiger charge is 2.31. The van der Waals surface area contributed by atoms with Crippen molar-refractivity contribution in [1.29, 1.82) is 0 Å². The average molecular weight is 392 g/mol. The predicted molar refractivity (Wildman–Crippen MR) is 94.5 cm³/mol. The van der Waals surface area contributed by atoms with Crippen LogP contribution in [0.3, 0.4) is 0 Å². The predicted octanol–water partition coefficient (Wildman–Crippen LogP) is 1.65. The fraction of sp³-hybridized carbons (Fsp3) is 0.562. The summed E-state index contributed by atoms with van der Waals surface area (Å²) in [5.74, 6) is -0.536. The smallest absolute Gasteiger partial charge is 0.244 e. The zero-order valence-corrected chi connectivity index (χ0v) is 16.0. The number of hydrogen-bond acceptors (Lipinski definition) is 4. The second-order valence-corrected chi connectivity index (χ2v) is 8.13. The van der Waals surface area contributed by atoms with Gasteiger partial charge in [0.2, 0.25) is 15.9 Å². The van der Waals surface area contributed by atoms with Crippen LogP contribution in [0.2, 0.25) is 5.02 Å². The van der Waals surface area contributed by atoms with Gasteiger partial charge in [0.1, 0.15) is 10.7 Å². The van der Waals surface area contributed by atoms with Crippen LogP contribution in [0.5, 0.6) is 0 Å². The first-order valence-corrected chi connectivity index (χ1v) is 10.1. The van der Waals surface area contributed by atoms with Gasteiger partial charge in [0.15, 0.2) is 0 Å². The molecule has 0 bridgehead atoms. The first-order valence-electron chi connectivity index (χ1n) is 8.25. The number of carbonyl (C=O) groups excluding carboxylic acids is 1. The molecule has 25 heavy (non-hydrogen) atoms. The molecule has 6 nitrogen and oxygen atoms in total. The molecule has 0 N–H and O–H groups in total. The summed E-state index contributed by atoms with van der Waals surface area (Å²) in [6, 6.07) is 3.26. The van der Waals surface area contributed by atoms with Crippen molar-refractivity contribution in [2.24, 2.45) is 0 Å². The number of sulfonamides is 1. The minimum atomic E-state index is -3.77. The highest BCUT2D eigenvalue weighted by Crippen LogP contribution is 2.26. The van der Waals surface area contributed by atoms with Gasteiger partial charge < -0.3 is 4.90 Å². The lowest BCUT2D eigenvalue weighted by Gasteiger charge is -2.34. The lowest BCUT2D eigenvalue weighted by Crippen LogP contribution is -2.51. The Kier molecular flexibility index (Phi) is 6.79. The molecule has 0 aliphatic carbocycles. The van der Waals surface area contributed by atoms with E-state index in [9.17, 15) is 17.6 Å². The molecule has 1 aliphatic heterocycles. The third-order valence-electron chi connectivity index (χ3n) is 4.32. The minimum Gasteiger partial charge on any atom is -0.342 e. The zero-order chi connectivity index (χ0) is 18.6. The van der Waals surface area contributed by atoms with Crippen LogP contribution >= 0.6 is 11.6 Å². The molecular weight excluding hydrogens is 369 g/mol. The summed E-state index contributed by atoms with van der Waals surface area (Å²) in [6.07, 6.45) is 0. The van der Waals surface area contributed by atoms with E-state index in [0.29, 0.717) is 26.2 Å². The normalized spacial score (nSPS) is 16.8. The average Bonchev–Trinajstić information content (AvgIpc) is 2.56. The van der Waals surface area contributed by atoms with Crippen molar-refractivity contribution in [2.75, 3.05) is 45.8 Å². The third-order valence-corrected chi connectivity index (χ3v) is 6.70. The summed E-state index contributed by atoms with van der Waals surface area (Å²) in [7, 11) is -3.77. The van der Waals surface area contributed by atoms with Crippen LogP contribution in [0.1, 0.15) is 13.8 Å². The van der Waals surface area contributed by atoms with E-state index >= 15 is 0 Å². The van der Waals surface area contributed by atoms with Crippen molar-refractivity contribution in [3.05, 3.63) is 29.0 Å². The van der Waals surface area contributed by atoms with Gasteiger partial charge in [-0.3, -0.25) is 9.69 Å². The van der Waals surface area contributed by atoms with E-state index in [-0.39, 0.29) is 35.5 Å².